The molecule has 0 aromatic heterocycles. The monoisotopic (exact) mass is 670 g/mol. The van der Waals surface area contributed by atoms with E-state index in [2.05, 4.69) is 96.1 Å². The Balaban J connectivity index is 7.58. The third kappa shape index (κ3) is 11.3. The Morgan fingerprint density at radius 1 is 0.316 bits per heavy atom. The fraction of sp³-hybridized carbons (Fsp3) is 1.00. The van der Waals surface area contributed by atoms with Gasteiger partial charge in [-0.1, -0.05) is 0 Å². The molecule has 0 heterocycles. The SMILES string of the molecule is CCCCN(CCCC)P(I)(N(CCCC)CCCC)(N(CCCC)CCCC)N(CCCC)CCCC. The second kappa shape index (κ2) is 23.6. The van der Waals surface area contributed by atoms with Crippen molar-refractivity contribution in [3.05, 3.63) is 0 Å². The fourth-order valence-electron chi connectivity index (χ4n) is 5.62. The molecule has 0 aliphatic carbocycles. The molecule has 38 heavy (non-hydrogen) atoms. The van der Waals surface area contributed by atoms with Gasteiger partial charge in [0, 0.05) is 0 Å². The van der Waals surface area contributed by atoms with Crippen LogP contribution in [0, 0.1) is 0 Å². The Labute approximate surface area is 255 Å². The number of halogens is 1. The van der Waals surface area contributed by atoms with E-state index in [1.54, 1.807) is 0 Å². The summed E-state index contributed by atoms with van der Waals surface area (Å²) in [5.74, 6) is 0. The molecule has 0 aromatic carbocycles. The molecular weight excluding hydrogens is 598 g/mol. The van der Waals surface area contributed by atoms with E-state index in [9.17, 15) is 0 Å². The predicted octanol–water partition coefficient (Wildman–Crippen LogP) is 11.2. The first-order valence-electron chi connectivity index (χ1n) is 17.2. The molecule has 0 aromatic rings. The van der Waals surface area contributed by atoms with Crippen molar-refractivity contribution in [1.29, 1.82) is 0 Å². The van der Waals surface area contributed by atoms with Crippen LogP contribution in [0.15, 0.2) is 0 Å². The molecule has 0 spiro atoms. The molecule has 0 amide bonds. The van der Waals surface area contributed by atoms with Gasteiger partial charge < -0.3 is 0 Å². The summed E-state index contributed by atoms with van der Waals surface area (Å²) in [4.78, 5) is -2.84. The normalized spacial score (nSPS) is 13.8. The summed E-state index contributed by atoms with van der Waals surface area (Å²) in [6.07, 6.45) is 20.7. The summed E-state index contributed by atoms with van der Waals surface area (Å²) < 4.78 is 12.6. The van der Waals surface area contributed by atoms with Crippen molar-refractivity contribution in [3.63, 3.8) is 0 Å². The second-order valence-electron chi connectivity index (χ2n) is 11.5. The van der Waals surface area contributed by atoms with Gasteiger partial charge in [0.1, 0.15) is 0 Å². The van der Waals surface area contributed by atoms with Crippen LogP contribution in [0.4, 0.5) is 0 Å². The van der Waals surface area contributed by atoms with Gasteiger partial charge in [0.15, 0.2) is 0 Å². The van der Waals surface area contributed by atoms with Gasteiger partial charge in [-0.2, -0.15) is 0 Å². The van der Waals surface area contributed by atoms with Crippen LogP contribution in [0.5, 0.6) is 0 Å². The van der Waals surface area contributed by atoms with Crippen molar-refractivity contribution in [2.24, 2.45) is 0 Å². The van der Waals surface area contributed by atoms with Crippen LogP contribution in [0.2, 0.25) is 0 Å². The van der Waals surface area contributed by atoms with Crippen molar-refractivity contribution in [1.82, 2.24) is 18.7 Å². The molecule has 232 valence electrons. The fourth-order valence-corrected chi connectivity index (χ4v) is 16.8. The molecule has 6 heteroatoms. The molecule has 0 saturated heterocycles. The average molecular weight is 671 g/mol. The van der Waals surface area contributed by atoms with Gasteiger partial charge in [0.05, 0.1) is 0 Å². The standard InChI is InChI=1S/C32H72IN4P/c1-9-17-25-34(26-18-10-2)38(33,35(27-19-11-3)28-20-12-4,36(29-21-13-5)30-22-14-6)37(31-23-15-7)32-24-16-8/h9-32H2,1-8H3. The van der Waals surface area contributed by atoms with E-state index in [-0.39, 0.29) is 0 Å². The van der Waals surface area contributed by atoms with Crippen LogP contribution in [0.1, 0.15) is 158 Å². The topological polar surface area (TPSA) is 13.0 Å². The van der Waals surface area contributed by atoms with Crippen molar-refractivity contribution in [3.8, 4) is 0 Å². The van der Waals surface area contributed by atoms with Crippen LogP contribution >= 0.6 is 26.9 Å². The number of rotatable bonds is 28. The summed E-state index contributed by atoms with van der Waals surface area (Å²) >= 11 is 3.21. The Morgan fingerprint density at radius 3 is 0.553 bits per heavy atom. The molecule has 0 atom stereocenters. The number of hydrogen-bond donors (Lipinski definition) is 0. The first-order valence-corrected chi connectivity index (χ1v) is 22.0. The molecule has 4 nitrogen and oxygen atoms in total. The van der Waals surface area contributed by atoms with Gasteiger partial charge in [-0.3, -0.25) is 0 Å². The minimum absolute atomic E-state index is 1.25. The van der Waals surface area contributed by atoms with E-state index < -0.39 is 4.85 Å². The molecule has 0 radical (unpaired) electrons. The van der Waals surface area contributed by atoms with E-state index in [0.29, 0.717) is 0 Å². The summed E-state index contributed by atoms with van der Waals surface area (Å²) in [7, 11) is 0. The maximum atomic E-state index is 3.21. The van der Waals surface area contributed by atoms with Gasteiger partial charge in [-0.25, -0.2) is 0 Å². The van der Waals surface area contributed by atoms with Gasteiger partial charge in [0.25, 0.3) is 0 Å². The molecule has 0 rings (SSSR count). The summed E-state index contributed by atoms with van der Waals surface area (Å²) in [6.45, 7) is 29.1. The van der Waals surface area contributed by atoms with E-state index in [1.165, 1.54) is 155 Å². The third-order valence-electron chi connectivity index (χ3n) is 8.10. The number of hydrogen-bond acceptors (Lipinski definition) is 4. The van der Waals surface area contributed by atoms with Crippen LogP contribution < -0.4 is 0 Å². The quantitative estimate of drug-likeness (QED) is 0.0607. The van der Waals surface area contributed by atoms with Crippen molar-refractivity contribution in [2.75, 3.05) is 52.4 Å². The molecule has 0 unspecified atom stereocenters. The maximum absolute atomic E-state index is 3.21. The summed E-state index contributed by atoms with van der Waals surface area (Å²) in [5.41, 5.74) is 0. The molecule has 0 aliphatic rings. The first kappa shape index (κ1) is 39.0. The van der Waals surface area contributed by atoms with E-state index in [1.807, 2.05) is 0 Å². The van der Waals surface area contributed by atoms with Gasteiger partial charge in [-0.05, 0) is 0 Å². The van der Waals surface area contributed by atoms with Crippen LogP contribution in [0.25, 0.3) is 0 Å². The minimum atomic E-state index is -2.84. The van der Waals surface area contributed by atoms with E-state index in [4.69, 9.17) is 0 Å². The second-order valence-corrected chi connectivity index (χ2v) is 20.6. The molecule has 0 N–H and O–H groups in total. The average Bonchev–Trinajstić information content (AvgIpc) is 2.93. The van der Waals surface area contributed by atoms with E-state index in [0.717, 1.165) is 0 Å². The Kier molecular flexibility index (Phi) is 24.2. The summed E-state index contributed by atoms with van der Waals surface area (Å²) in [5, 5.41) is 0. The van der Waals surface area contributed by atoms with Crippen molar-refractivity contribution < 1.29 is 0 Å². The molecule has 0 bridgehead atoms. The Bertz CT molecular complexity index is 412. The zero-order valence-corrected chi connectivity index (χ0v) is 30.6. The molecule has 0 aliphatic heterocycles. The number of nitrogens with zero attached hydrogens (tertiary/aromatic N) is 4. The van der Waals surface area contributed by atoms with Crippen LogP contribution in [0.3, 0.4) is 0 Å². The zero-order valence-electron chi connectivity index (χ0n) is 27.6. The van der Waals surface area contributed by atoms with Gasteiger partial charge in [-0.15, -0.1) is 0 Å². The predicted molar refractivity (Wildman–Crippen MR) is 186 cm³/mol. The van der Waals surface area contributed by atoms with Gasteiger partial charge in [0.2, 0.25) is 0 Å². The van der Waals surface area contributed by atoms with Crippen molar-refractivity contribution >= 4 is 26.9 Å². The molecule has 0 fully saturated rings. The van der Waals surface area contributed by atoms with Crippen LogP contribution in [-0.2, 0) is 0 Å². The molecular formula is C32H72IN4P. The first-order chi connectivity index (χ1) is 18.4. The van der Waals surface area contributed by atoms with Crippen molar-refractivity contribution in [2.45, 2.75) is 158 Å². The van der Waals surface area contributed by atoms with E-state index >= 15 is 0 Å². The summed E-state index contributed by atoms with van der Waals surface area (Å²) in [6, 6.07) is 0. The zero-order chi connectivity index (χ0) is 28.7. The molecule has 0 saturated carbocycles. The van der Waals surface area contributed by atoms with Gasteiger partial charge >= 0.3 is 256 Å². The third-order valence-corrected chi connectivity index (χ3v) is 20.9. The Morgan fingerprint density at radius 2 is 0.447 bits per heavy atom. The van der Waals surface area contributed by atoms with Crippen LogP contribution in [-0.4, -0.2) is 71.0 Å². The Hall–Kier alpha value is 1.00. The number of unbranched alkanes of at least 4 members (excludes halogenated alkanes) is 8.